The Kier molecular flexibility index (Phi) is 3.79. The number of benzene rings is 1. The predicted molar refractivity (Wildman–Crippen MR) is 73.8 cm³/mol. The Morgan fingerprint density at radius 2 is 2.16 bits per heavy atom. The lowest BCUT2D eigenvalue weighted by molar-refractivity contribution is -0.385. The van der Waals surface area contributed by atoms with Gasteiger partial charge in [-0.3, -0.25) is 14.9 Å². The monoisotopic (exact) mass is 259 g/mol. The minimum atomic E-state index is -0.386. The van der Waals surface area contributed by atoms with Crippen LogP contribution in [-0.2, 0) is 4.79 Å². The van der Waals surface area contributed by atoms with Gasteiger partial charge in [0.15, 0.2) is 5.78 Å². The van der Waals surface area contributed by atoms with Crippen molar-refractivity contribution in [2.24, 2.45) is 5.92 Å². The van der Waals surface area contributed by atoms with Crippen molar-refractivity contribution < 1.29 is 9.72 Å². The van der Waals surface area contributed by atoms with E-state index in [1.54, 1.807) is 19.1 Å². The van der Waals surface area contributed by atoms with Crippen molar-refractivity contribution in [1.29, 1.82) is 0 Å². The van der Waals surface area contributed by atoms with E-state index >= 15 is 0 Å². The van der Waals surface area contributed by atoms with Crippen molar-refractivity contribution in [3.05, 3.63) is 45.0 Å². The van der Waals surface area contributed by atoms with Crippen molar-refractivity contribution in [3.8, 4) is 0 Å². The van der Waals surface area contributed by atoms with Gasteiger partial charge in [0.1, 0.15) is 0 Å². The Morgan fingerprint density at radius 1 is 1.42 bits per heavy atom. The normalized spacial score (nSPS) is 21.7. The Labute approximate surface area is 112 Å². The summed E-state index contributed by atoms with van der Waals surface area (Å²) in [5.74, 6) is 0.245. The Balaban J connectivity index is 2.35. The van der Waals surface area contributed by atoms with E-state index in [9.17, 15) is 14.9 Å². The molecule has 1 atom stereocenters. The first-order valence-corrected chi connectivity index (χ1v) is 6.49. The fourth-order valence-corrected chi connectivity index (χ4v) is 2.43. The number of aryl methyl sites for hydroxylation is 1. The summed E-state index contributed by atoms with van der Waals surface area (Å²) in [7, 11) is 0. The summed E-state index contributed by atoms with van der Waals surface area (Å²) in [6.45, 7) is 3.65. The molecule has 1 aromatic rings. The molecule has 100 valence electrons. The van der Waals surface area contributed by atoms with Crippen LogP contribution in [0.4, 0.5) is 5.69 Å². The number of nitrogens with zero attached hydrogens (tertiary/aromatic N) is 1. The summed E-state index contributed by atoms with van der Waals surface area (Å²) in [4.78, 5) is 22.5. The van der Waals surface area contributed by atoms with E-state index in [-0.39, 0.29) is 22.3 Å². The van der Waals surface area contributed by atoms with Gasteiger partial charge in [0.2, 0.25) is 0 Å². The summed E-state index contributed by atoms with van der Waals surface area (Å²) >= 11 is 0. The number of ketones is 1. The molecule has 1 aromatic carbocycles. The van der Waals surface area contributed by atoms with Gasteiger partial charge in [0, 0.05) is 17.5 Å². The molecule has 1 aliphatic carbocycles. The average Bonchev–Trinajstić information content (AvgIpc) is 2.37. The molecule has 0 heterocycles. The van der Waals surface area contributed by atoms with Gasteiger partial charge >= 0.3 is 0 Å². The number of Topliss-reactive ketones (excluding diaryl/α,β-unsaturated/α-hetero) is 1. The van der Waals surface area contributed by atoms with Gasteiger partial charge in [-0.05, 0) is 43.4 Å². The first-order chi connectivity index (χ1) is 8.99. The lowest BCUT2D eigenvalue weighted by Crippen LogP contribution is -2.18. The Bertz CT molecular complexity index is 561. The van der Waals surface area contributed by atoms with Gasteiger partial charge in [0.25, 0.3) is 5.69 Å². The second-order valence-corrected chi connectivity index (χ2v) is 5.13. The van der Waals surface area contributed by atoms with Gasteiger partial charge in [-0.25, -0.2) is 0 Å². The molecule has 1 saturated carbocycles. The number of nitro groups is 1. The highest BCUT2D eigenvalue weighted by molar-refractivity contribution is 6.01. The van der Waals surface area contributed by atoms with Gasteiger partial charge < -0.3 is 0 Å². The van der Waals surface area contributed by atoms with Crippen LogP contribution < -0.4 is 0 Å². The number of carbonyl (C=O) groups is 1. The Hall–Kier alpha value is -1.97. The SMILES string of the molecule is Cc1ccc(/C=C2\CCC[C@@H](C)C2=O)cc1[N+](=O)[O-]. The van der Waals surface area contributed by atoms with E-state index in [0.29, 0.717) is 5.56 Å². The first kappa shape index (κ1) is 13.5. The van der Waals surface area contributed by atoms with E-state index in [1.807, 2.05) is 13.0 Å². The minimum Gasteiger partial charge on any atom is -0.294 e. The largest absolute Gasteiger partial charge is 0.294 e. The highest BCUT2D eigenvalue weighted by atomic mass is 16.6. The second kappa shape index (κ2) is 5.34. The minimum absolute atomic E-state index is 0.0698. The van der Waals surface area contributed by atoms with E-state index in [2.05, 4.69) is 0 Å². The maximum atomic E-state index is 12.0. The third-order valence-corrected chi connectivity index (χ3v) is 3.62. The van der Waals surface area contributed by atoms with Crippen LogP contribution in [0, 0.1) is 23.0 Å². The third-order valence-electron chi connectivity index (χ3n) is 3.62. The maximum absolute atomic E-state index is 12.0. The zero-order valence-corrected chi connectivity index (χ0v) is 11.2. The highest BCUT2D eigenvalue weighted by Crippen LogP contribution is 2.28. The molecule has 0 saturated heterocycles. The van der Waals surface area contributed by atoms with Crippen LogP contribution in [0.3, 0.4) is 0 Å². The number of hydrogen-bond donors (Lipinski definition) is 0. The summed E-state index contributed by atoms with van der Waals surface area (Å²) < 4.78 is 0. The van der Waals surface area contributed by atoms with Crippen molar-refractivity contribution in [1.82, 2.24) is 0 Å². The van der Waals surface area contributed by atoms with Crippen LogP contribution in [-0.4, -0.2) is 10.7 Å². The maximum Gasteiger partial charge on any atom is 0.272 e. The van der Waals surface area contributed by atoms with Crippen molar-refractivity contribution >= 4 is 17.5 Å². The summed E-state index contributed by atoms with van der Waals surface area (Å²) in [5, 5.41) is 10.9. The number of rotatable bonds is 2. The molecule has 0 N–H and O–H groups in total. The fraction of sp³-hybridized carbons (Fsp3) is 0.400. The molecule has 2 rings (SSSR count). The first-order valence-electron chi connectivity index (χ1n) is 6.49. The molecule has 0 unspecified atom stereocenters. The molecule has 1 aliphatic rings. The highest BCUT2D eigenvalue weighted by Gasteiger charge is 2.22. The molecule has 0 aliphatic heterocycles. The standard InChI is InChI=1S/C15H17NO3/c1-10-6-7-12(9-14(10)16(18)19)8-13-5-3-4-11(2)15(13)17/h6-9,11H,3-5H2,1-2H3/b13-8+/t11-/m1/s1. The number of allylic oxidation sites excluding steroid dienone is 1. The average molecular weight is 259 g/mol. The van der Waals surface area contributed by atoms with Crippen molar-refractivity contribution in [3.63, 3.8) is 0 Å². The zero-order valence-electron chi connectivity index (χ0n) is 11.2. The Morgan fingerprint density at radius 3 is 2.84 bits per heavy atom. The van der Waals surface area contributed by atoms with E-state index in [1.165, 1.54) is 6.07 Å². The van der Waals surface area contributed by atoms with Crippen LogP contribution in [0.25, 0.3) is 6.08 Å². The molecule has 1 fully saturated rings. The summed E-state index contributed by atoms with van der Waals surface area (Å²) in [5.41, 5.74) is 2.26. The van der Waals surface area contributed by atoms with E-state index < -0.39 is 0 Å². The molecule has 0 radical (unpaired) electrons. The molecule has 0 bridgehead atoms. The van der Waals surface area contributed by atoms with Crippen molar-refractivity contribution in [2.75, 3.05) is 0 Å². The number of hydrogen-bond acceptors (Lipinski definition) is 3. The summed E-state index contributed by atoms with van der Waals surface area (Å²) in [6.07, 6.45) is 4.51. The summed E-state index contributed by atoms with van der Waals surface area (Å²) in [6, 6.07) is 5.08. The molecular formula is C15H17NO3. The number of nitro benzene ring substituents is 1. The molecular weight excluding hydrogens is 242 g/mol. The van der Waals surface area contributed by atoms with Gasteiger partial charge in [-0.1, -0.05) is 19.1 Å². The van der Waals surface area contributed by atoms with Crippen LogP contribution in [0.1, 0.15) is 37.3 Å². The smallest absolute Gasteiger partial charge is 0.272 e. The van der Waals surface area contributed by atoms with Crippen LogP contribution >= 0.6 is 0 Å². The predicted octanol–water partition coefficient (Wildman–Crippen LogP) is 3.68. The lowest BCUT2D eigenvalue weighted by atomic mass is 9.84. The third kappa shape index (κ3) is 2.89. The van der Waals surface area contributed by atoms with Gasteiger partial charge in [0.05, 0.1) is 4.92 Å². The topological polar surface area (TPSA) is 60.2 Å². The second-order valence-electron chi connectivity index (χ2n) is 5.13. The lowest BCUT2D eigenvalue weighted by Gasteiger charge is -2.19. The fourth-order valence-electron chi connectivity index (χ4n) is 2.43. The zero-order chi connectivity index (χ0) is 14.0. The quantitative estimate of drug-likeness (QED) is 0.462. The molecule has 19 heavy (non-hydrogen) atoms. The molecule has 4 nitrogen and oxygen atoms in total. The van der Waals surface area contributed by atoms with Gasteiger partial charge in [-0.2, -0.15) is 0 Å². The van der Waals surface area contributed by atoms with Gasteiger partial charge in [-0.15, -0.1) is 0 Å². The van der Waals surface area contributed by atoms with Crippen LogP contribution in [0.2, 0.25) is 0 Å². The molecule has 4 heteroatoms. The van der Waals surface area contributed by atoms with Crippen LogP contribution in [0.15, 0.2) is 23.8 Å². The van der Waals surface area contributed by atoms with Crippen LogP contribution in [0.5, 0.6) is 0 Å². The van der Waals surface area contributed by atoms with E-state index in [0.717, 1.165) is 30.4 Å². The molecule has 0 aromatic heterocycles. The molecule has 0 spiro atoms. The van der Waals surface area contributed by atoms with E-state index in [4.69, 9.17) is 0 Å². The molecule has 0 amide bonds. The number of carbonyl (C=O) groups excluding carboxylic acids is 1. The van der Waals surface area contributed by atoms with Crippen molar-refractivity contribution in [2.45, 2.75) is 33.1 Å².